The molecule has 7 nitrogen and oxygen atoms in total. The molecule has 2 N–H and O–H groups in total. The van der Waals surface area contributed by atoms with Crippen molar-refractivity contribution in [1.29, 1.82) is 0 Å². The average molecular weight is 409 g/mol. The molecule has 1 rings (SSSR count). The maximum Gasteiger partial charge on any atom is 0.191 e. The highest BCUT2D eigenvalue weighted by Gasteiger charge is 2.06. The van der Waals surface area contributed by atoms with Crippen molar-refractivity contribution in [3.63, 3.8) is 0 Å². The zero-order chi connectivity index (χ0) is 21.3. The Balaban J connectivity index is 2.56. The molecule has 0 fully saturated rings. The number of rotatable bonds is 15. The van der Waals surface area contributed by atoms with Crippen LogP contribution in [0.15, 0.2) is 23.2 Å². The molecule has 0 bridgehead atoms. The number of aliphatic imine (C=N–C) groups is 1. The molecule has 1 aromatic rings. The molecule has 0 aliphatic rings. The van der Waals surface area contributed by atoms with E-state index in [9.17, 15) is 0 Å². The van der Waals surface area contributed by atoms with Crippen LogP contribution in [0.2, 0.25) is 0 Å². The molecule has 0 saturated carbocycles. The van der Waals surface area contributed by atoms with Gasteiger partial charge >= 0.3 is 0 Å². The van der Waals surface area contributed by atoms with Gasteiger partial charge in [-0.1, -0.05) is 12.1 Å². The Bertz CT molecular complexity index is 581. The second kappa shape index (κ2) is 16.0. The van der Waals surface area contributed by atoms with Gasteiger partial charge in [-0.3, -0.25) is 0 Å². The van der Waals surface area contributed by atoms with Crippen LogP contribution in [0.4, 0.5) is 0 Å². The van der Waals surface area contributed by atoms with Crippen molar-refractivity contribution in [2.45, 2.75) is 33.7 Å². The van der Waals surface area contributed by atoms with E-state index in [1.807, 2.05) is 6.92 Å². The van der Waals surface area contributed by atoms with Crippen molar-refractivity contribution >= 4 is 5.96 Å². The van der Waals surface area contributed by atoms with Crippen molar-refractivity contribution in [1.82, 2.24) is 15.5 Å². The quantitative estimate of drug-likeness (QED) is 0.264. The minimum atomic E-state index is 0.545. The molecule has 1 aromatic carbocycles. The molecular formula is C22H40N4O3. The first-order chi connectivity index (χ1) is 14.1. The number of methoxy groups -OCH3 is 1. The van der Waals surface area contributed by atoms with Crippen molar-refractivity contribution in [2.75, 3.05) is 66.8 Å². The Kier molecular flexibility index (Phi) is 13.9. The molecule has 0 saturated heterocycles. The predicted octanol–water partition coefficient (Wildman–Crippen LogP) is 2.43. The van der Waals surface area contributed by atoms with Crippen LogP contribution in [0.25, 0.3) is 0 Å². The van der Waals surface area contributed by atoms with E-state index in [1.54, 1.807) is 7.11 Å². The molecule has 7 heteroatoms. The van der Waals surface area contributed by atoms with Crippen LogP contribution >= 0.6 is 0 Å². The Labute approximate surface area is 176 Å². The summed E-state index contributed by atoms with van der Waals surface area (Å²) in [4.78, 5) is 7.01. The van der Waals surface area contributed by atoms with Crippen LogP contribution in [-0.4, -0.2) is 77.6 Å². The summed E-state index contributed by atoms with van der Waals surface area (Å²) in [5.74, 6) is 1.71. The van der Waals surface area contributed by atoms with Crippen molar-refractivity contribution in [2.24, 2.45) is 4.99 Å². The van der Waals surface area contributed by atoms with Gasteiger partial charge in [-0.2, -0.15) is 0 Å². The second-order valence-electron chi connectivity index (χ2n) is 6.93. The van der Waals surface area contributed by atoms with Gasteiger partial charge < -0.3 is 29.7 Å². The fraction of sp³-hybridized carbons (Fsp3) is 0.682. The molecule has 0 atom stereocenters. The largest absolute Gasteiger partial charge is 0.491 e. The van der Waals surface area contributed by atoms with Crippen LogP contribution in [0.5, 0.6) is 5.75 Å². The van der Waals surface area contributed by atoms with Crippen LogP contribution in [-0.2, 0) is 16.0 Å². The third-order valence-corrected chi connectivity index (χ3v) is 4.35. The highest BCUT2D eigenvalue weighted by molar-refractivity contribution is 5.79. The van der Waals surface area contributed by atoms with E-state index in [4.69, 9.17) is 19.2 Å². The van der Waals surface area contributed by atoms with E-state index >= 15 is 0 Å². The summed E-state index contributed by atoms with van der Waals surface area (Å²) in [6.07, 6.45) is 1.04. The summed E-state index contributed by atoms with van der Waals surface area (Å²) in [6, 6.07) is 6.24. The second-order valence-corrected chi connectivity index (χ2v) is 6.93. The number of aryl methyl sites for hydroxylation is 1. The predicted molar refractivity (Wildman–Crippen MR) is 120 cm³/mol. The molecular weight excluding hydrogens is 368 g/mol. The third kappa shape index (κ3) is 11.7. The maximum atomic E-state index is 5.92. The SMILES string of the molecule is CCNC(=NCc1ccc(C)cc1OCCOCC)NCCCN(C)CCOC. The van der Waals surface area contributed by atoms with E-state index in [2.05, 4.69) is 54.6 Å². The van der Waals surface area contributed by atoms with Crippen molar-refractivity contribution in [3.05, 3.63) is 29.3 Å². The minimum absolute atomic E-state index is 0.545. The Morgan fingerprint density at radius 3 is 2.66 bits per heavy atom. The first-order valence-electron chi connectivity index (χ1n) is 10.6. The zero-order valence-corrected chi connectivity index (χ0v) is 18.9. The number of hydrogen-bond donors (Lipinski definition) is 2. The molecule has 166 valence electrons. The molecule has 0 aliphatic carbocycles. The first-order valence-corrected chi connectivity index (χ1v) is 10.6. The number of nitrogens with zero attached hydrogens (tertiary/aromatic N) is 2. The highest BCUT2D eigenvalue weighted by atomic mass is 16.5. The van der Waals surface area contributed by atoms with E-state index in [0.29, 0.717) is 26.4 Å². The standard InChI is InChI=1S/C22H40N4O3/c1-6-23-22(24-11-8-12-26(4)13-14-27-5)25-18-20-10-9-19(3)17-21(20)29-16-15-28-7-2/h9-10,17H,6-8,11-16,18H2,1-5H3,(H2,23,24,25). The molecule has 0 amide bonds. The van der Waals surface area contributed by atoms with Gasteiger partial charge in [0.25, 0.3) is 0 Å². The summed E-state index contributed by atoms with van der Waals surface area (Å²) >= 11 is 0. The topological polar surface area (TPSA) is 67.4 Å². The van der Waals surface area contributed by atoms with Gasteiger partial charge in [0.05, 0.1) is 19.8 Å². The van der Waals surface area contributed by atoms with E-state index in [1.165, 1.54) is 5.56 Å². The number of hydrogen-bond acceptors (Lipinski definition) is 5. The molecule has 0 aromatic heterocycles. The molecule has 0 heterocycles. The average Bonchev–Trinajstić information content (AvgIpc) is 2.71. The Hall–Kier alpha value is -1.83. The van der Waals surface area contributed by atoms with E-state index in [-0.39, 0.29) is 0 Å². The van der Waals surface area contributed by atoms with Gasteiger partial charge in [0, 0.05) is 38.9 Å². The highest BCUT2D eigenvalue weighted by Crippen LogP contribution is 2.21. The lowest BCUT2D eigenvalue weighted by Crippen LogP contribution is -2.38. The first kappa shape index (κ1) is 25.2. The van der Waals surface area contributed by atoms with Gasteiger partial charge in [-0.25, -0.2) is 4.99 Å². The summed E-state index contributed by atoms with van der Waals surface area (Å²) in [5, 5.41) is 6.72. The number of nitrogens with one attached hydrogen (secondary N) is 2. The smallest absolute Gasteiger partial charge is 0.191 e. The molecule has 0 unspecified atom stereocenters. The molecule has 29 heavy (non-hydrogen) atoms. The van der Waals surface area contributed by atoms with Crippen LogP contribution in [0, 0.1) is 6.92 Å². The van der Waals surface area contributed by atoms with Crippen LogP contribution < -0.4 is 15.4 Å². The molecule has 0 radical (unpaired) electrons. The Morgan fingerprint density at radius 2 is 1.93 bits per heavy atom. The van der Waals surface area contributed by atoms with Gasteiger partial charge in [-0.15, -0.1) is 0 Å². The fourth-order valence-electron chi connectivity index (χ4n) is 2.70. The minimum Gasteiger partial charge on any atom is -0.491 e. The number of likely N-dealkylation sites (N-methyl/N-ethyl adjacent to an activating group) is 1. The maximum absolute atomic E-state index is 5.92. The van der Waals surface area contributed by atoms with Crippen molar-refractivity contribution < 1.29 is 14.2 Å². The summed E-state index contributed by atoms with van der Waals surface area (Å²) in [7, 11) is 3.85. The van der Waals surface area contributed by atoms with E-state index < -0.39 is 0 Å². The van der Waals surface area contributed by atoms with Gasteiger partial charge in [0.2, 0.25) is 0 Å². The van der Waals surface area contributed by atoms with Crippen molar-refractivity contribution in [3.8, 4) is 5.75 Å². The fourth-order valence-corrected chi connectivity index (χ4v) is 2.70. The molecule has 0 aliphatic heterocycles. The normalized spacial score (nSPS) is 11.7. The lowest BCUT2D eigenvalue weighted by Gasteiger charge is -2.17. The Morgan fingerprint density at radius 1 is 1.10 bits per heavy atom. The third-order valence-electron chi connectivity index (χ3n) is 4.35. The monoisotopic (exact) mass is 408 g/mol. The number of benzene rings is 1. The summed E-state index contributed by atoms with van der Waals surface area (Å²) < 4.78 is 16.4. The van der Waals surface area contributed by atoms with Crippen LogP contribution in [0.3, 0.4) is 0 Å². The van der Waals surface area contributed by atoms with Gasteiger partial charge in [0.15, 0.2) is 5.96 Å². The number of ether oxygens (including phenoxy) is 3. The van der Waals surface area contributed by atoms with E-state index in [0.717, 1.165) is 56.5 Å². The van der Waals surface area contributed by atoms with Gasteiger partial charge in [-0.05, 0) is 52.4 Å². The van der Waals surface area contributed by atoms with Crippen LogP contribution in [0.1, 0.15) is 31.4 Å². The zero-order valence-electron chi connectivity index (χ0n) is 18.9. The lowest BCUT2D eigenvalue weighted by molar-refractivity contribution is 0.110. The summed E-state index contributed by atoms with van der Waals surface area (Å²) in [5.41, 5.74) is 2.25. The van der Waals surface area contributed by atoms with Gasteiger partial charge in [0.1, 0.15) is 12.4 Å². The summed E-state index contributed by atoms with van der Waals surface area (Å²) in [6.45, 7) is 13.0. The molecule has 0 spiro atoms. The number of guanidine groups is 1. The lowest BCUT2D eigenvalue weighted by atomic mass is 10.1.